The Labute approximate surface area is 137 Å². The number of carbonyl (C=O) groups excluding carboxylic acids is 3. The van der Waals surface area contributed by atoms with Crippen LogP contribution >= 0.6 is 31.9 Å². The van der Waals surface area contributed by atoms with Crippen molar-refractivity contribution in [3.8, 4) is 11.5 Å². The van der Waals surface area contributed by atoms with Gasteiger partial charge in [-0.2, -0.15) is 0 Å². The molecule has 6 nitrogen and oxygen atoms in total. The molecule has 1 rings (SSSR count). The molecule has 0 saturated heterocycles. The van der Waals surface area contributed by atoms with Crippen LogP contribution in [0, 0.1) is 0 Å². The second-order valence-electron chi connectivity index (χ2n) is 4.05. The van der Waals surface area contributed by atoms with E-state index < -0.39 is 27.6 Å². The topological polar surface area (TPSA) is 92.7 Å². The van der Waals surface area contributed by atoms with Gasteiger partial charge in [0.05, 0.1) is 5.97 Å². The van der Waals surface area contributed by atoms with E-state index in [1.54, 1.807) is 13.8 Å². The Hall–Kier alpha value is -1.41. The van der Waals surface area contributed by atoms with Crippen LogP contribution in [0.5, 0.6) is 11.5 Å². The van der Waals surface area contributed by atoms with Gasteiger partial charge in [0.25, 0.3) is 0 Å². The number of carboxylic acids is 1. The van der Waals surface area contributed by atoms with Gasteiger partial charge in [0.2, 0.25) is 0 Å². The molecule has 0 N–H and O–H groups in total. The Morgan fingerprint density at radius 1 is 0.952 bits per heavy atom. The number of carbonyl (C=O) groups is 3. The van der Waals surface area contributed by atoms with Gasteiger partial charge in [0.1, 0.15) is 21.2 Å². The van der Waals surface area contributed by atoms with Crippen molar-refractivity contribution in [2.45, 2.75) is 23.5 Å². The van der Waals surface area contributed by atoms with Gasteiger partial charge in [0.15, 0.2) is 0 Å². The Bertz CT molecular complexity index is 528. The highest BCUT2D eigenvalue weighted by molar-refractivity contribution is 9.10. The van der Waals surface area contributed by atoms with Crippen molar-refractivity contribution in [2.75, 3.05) is 0 Å². The molecule has 0 aliphatic rings. The smallest absolute Gasteiger partial charge is 0.324 e. The van der Waals surface area contributed by atoms with Gasteiger partial charge in [-0.1, -0.05) is 31.9 Å². The van der Waals surface area contributed by atoms with Crippen LogP contribution in [-0.4, -0.2) is 27.6 Å². The zero-order valence-corrected chi connectivity index (χ0v) is 14.3. The molecule has 0 aromatic heterocycles. The number of hydrogen-bond donors (Lipinski definition) is 0. The van der Waals surface area contributed by atoms with Gasteiger partial charge in [-0.15, -0.1) is 0 Å². The zero-order valence-electron chi connectivity index (χ0n) is 11.1. The van der Waals surface area contributed by atoms with Crippen LogP contribution in [0.2, 0.25) is 0 Å². The van der Waals surface area contributed by atoms with E-state index in [9.17, 15) is 19.5 Å². The molecular weight excluding hydrogens is 412 g/mol. The minimum absolute atomic E-state index is 0.0574. The SMILES string of the molecule is CC(Br)C(=O)Oc1cc(OC(=O)C(C)Br)cc(C(=O)[O-])c1. The Kier molecular flexibility index (Phi) is 6.35. The van der Waals surface area contributed by atoms with E-state index in [0.29, 0.717) is 0 Å². The molecule has 0 saturated carbocycles. The molecule has 0 amide bonds. The average molecular weight is 423 g/mol. The van der Waals surface area contributed by atoms with Gasteiger partial charge in [-0.3, -0.25) is 9.59 Å². The summed E-state index contributed by atoms with van der Waals surface area (Å²) in [5, 5.41) is 10.9. The minimum atomic E-state index is -1.48. The van der Waals surface area contributed by atoms with Crippen molar-refractivity contribution in [2.24, 2.45) is 0 Å². The maximum atomic E-state index is 11.5. The van der Waals surface area contributed by atoms with Crippen LogP contribution in [0.3, 0.4) is 0 Å². The number of ether oxygens (including phenoxy) is 2. The molecule has 0 spiro atoms. The van der Waals surface area contributed by atoms with E-state index in [1.807, 2.05) is 0 Å². The molecule has 0 aliphatic carbocycles. The lowest BCUT2D eigenvalue weighted by Crippen LogP contribution is -2.23. The predicted octanol–water partition coefficient (Wildman–Crippen LogP) is 1.43. The summed E-state index contributed by atoms with van der Waals surface area (Å²) < 4.78 is 9.94. The number of carboxylic acid groups (broad SMARTS) is 1. The third-order valence-electron chi connectivity index (χ3n) is 2.20. The van der Waals surface area contributed by atoms with E-state index in [1.165, 1.54) is 6.07 Å². The second-order valence-corrected chi connectivity index (χ2v) is 6.80. The molecule has 2 atom stereocenters. The molecule has 1 aromatic rings. The summed E-state index contributed by atoms with van der Waals surface area (Å²) in [5.74, 6) is -2.83. The summed E-state index contributed by atoms with van der Waals surface area (Å²) in [4.78, 5) is 32.8. The van der Waals surface area contributed by atoms with Gasteiger partial charge in [-0.25, -0.2) is 0 Å². The zero-order chi connectivity index (χ0) is 16.2. The Balaban J connectivity index is 3.08. The third kappa shape index (κ3) is 5.47. The van der Waals surface area contributed by atoms with E-state index >= 15 is 0 Å². The summed E-state index contributed by atoms with van der Waals surface area (Å²) in [6.45, 7) is 3.11. The summed E-state index contributed by atoms with van der Waals surface area (Å²) in [6.07, 6.45) is 0. The number of benzene rings is 1. The van der Waals surface area contributed by atoms with E-state index in [4.69, 9.17) is 9.47 Å². The molecule has 0 bridgehead atoms. The fourth-order valence-corrected chi connectivity index (χ4v) is 1.39. The molecule has 0 heterocycles. The van der Waals surface area contributed by atoms with E-state index in [-0.39, 0.29) is 17.1 Å². The number of halogens is 2. The van der Waals surface area contributed by atoms with Crippen LogP contribution in [0.4, 0.5) is 0 Å². The van der Waals surface area contributed by atoms with Gasteiger partial charge >= 0.3 is 11.9 Å². The molecular formula is C13H11Br2O6-. The van der Waals surface area contributed by atoms with Crippen molar-refractivity contribution < 1.29 is 29.0 Å². The second kappa shape index (κ2) is 7.56. The minimum Gasteiger partial charge on any atom is -0.545 e. The monoisotopic (exact) mass is 421 g/mol. The first kappa shape index (κ1) is 17.6. The number of esters is 2. The lowest BCUT2D eigenvalue weighted by Gasteiger charge is -2.12. The fourth-order valence-electron chi connectivity index (χ4n) is 1.20. The lowest BCUT2D eigenvalue weighted by atomic mass is 10.2. The van der Waals surface area contributed by atoms with Crippen LogP contribution in [0.15, 0.2) is 18.2 Å². The van der Waals surface area contributed by atoms with Crippen LogP contribution in [-0.2, 0) is 9.59 Å². The summed E-state index contributed by atoms with van der Waals surface area (Å²) in [5.41, 5.74) is -0.271. The molecule has 114 valence electrons. The van der Waals surface area contributed by atoms with E-state index in [0.717, 1.165) is 12.1 Å². The van der Waals surface area contributed by atoms with Gasteiger partial charge < -0.3 is 19.4 Å². The third-order valence-corrected chi connectivity index (χ3v) is 2.95. The first-order chi connectivity index (χ1) is 9.70. The maximum Gasteiger partial charge on any atom is 0.324 e. The first-order valence-electron chi connectivity index (χ1n) is 5.78. The largest absolute Gasteiger partial charge is 0.545 e. The number of aromatic carboxylic acids is 1. The molecule has 0 fully saturated rings. The highest BCUT2D eigenvalue weighted by Gasteiger charge is 2.16. The van der Waals surface area contributed by atoms with Crippen molar-refractivity contribution in [1.29, 1.82) is 0 Å². The molecule has 1 aromatic carbocycles. The Morgan fingerprint density at radius 3 is 1.62 bits per heavy atom. The Morgan fingerprint density at radius 2 is 1.33 bits per heavy atom. The number of rotatable bonds is 5. The molecule has 0 radical (unpaired) electrons. The van der Waals surface area contributed by atoms with E-state index in [2.05, 4.69) is 31.9 Å². The van der Waals surface area contributed by atoms with Crippen LogP contribution in [0.1, 0.15) is 24.2 Å². The number of alkyl halides is 2. The van der Waals surface area contributed by atoms with Crippen LogP contribution in [0.25, 0.3) is 0 Å². The molecule has 8 heteroatoms. The van der Waals surface area contributed by atoms with Crippen molar-refractivity contribution in [3.63, 3.8) is 0 Å². The normalized spacial score (nSPS) is 13.1. The first-order valence-corrected chi connectivity index (χ1v) is 7.61. The van der Waals surface area contributed by atoms with Crippen LogP contribution < -0.4 is 14.6 Å². The standard InChI is InChI=1S/C13H12Br2O6/c1-6(14)12(18)20-9-3-8(11(16)17)4-10(5-9)21-13(19)7(2)15/h3-7H,1-2H3,(H,16,17)/p-1. The highest BCUT2D eigenvalue weighted by Crippen LogP contribution is 2.24. The predicted molar refractivity (Wildman–Crippen MR) is 78.8 cm³/mol. The highest BCUT2D eigenvalue weighted by atomic mass is 79.9. The van der Waals surface area contributed by atoms with Crippen molar-refractivity contribution in [1.82, 2.24) is 0 Å². The molecule has 0 aliphatic heterocycles. The van der Waals surface area contributed by atoms with Crippen molar-refractivity contribution in [3.05, 3.63) is 23.8 Å². The summed E-state index contributed by atoms with van der Waals surface area (Å²) >= 11 is 6.06. The lowest BCUT2D eigenvalue weighted by molar-refractivity contribution is -0.255. The fraction of sp³-hybridized carbons (Fsp3) is 0.308. The van der Waals surface area contributed by atoms with Gasteiger partial charge in [0, 0.05) is 11.6 Å². The van der Waals surface area contributed by atoms with Crippen molar-refractivity contribution >= 4 is 49.8 Å². The molecule has 21 heavy (non-hydrogen) atoms. The maximum absolute atomic E-state index is 11.5. The number of hydrogen-bond acceptors (Lipinski definition) is 6. The van der Waals surface area contributed by atoms with Gasteiger partial charge in [-0.05, 0) is 26.0 Å². The average Bonchev–Trinajstić information content (AvgIpc) is 2.37. The molecule has 2 unspecified atom stereocenters. The quantitative estimate of drug-likeness (QED) is 0.404. The summed E-state index contributed by atoms with van der Waals surface area (Å²) in [7, 11) is 0. The summed E-state index contributed by atoms with van der Waals surface area (Å²) in [6, 6.07) is 3.46.